The van der Waals surface area contributed by atoms with Crippen LogP contribution in [0.4, 0.5) is 18.0 Å². The lowest BCUT2D eigenvalue weighted by molar-refractivity contribution is -0.192. The first-order chi connectivity index (χ1) is 16.1. The zero-order valence-corrected chi connectivity index (χ0v) is 20.3. The fourth-order valence-corrected chi connectivity index (χ4v) is 5.51. The summed E-state index contributed by atoms with van der Waals surface area (Å²) in [6.45, 7) is 3.92. The molecule has 1 spiro atoms. The average Bonchev–Trinajstić information content (AvgIpc) is 2.97. The van der Waals surface area contributed by atoms with Crippen molar-refractivity contribution >= 4 is 27.9 Å². The number of nitrogens with zero attached hydrogens (tertiary/aromatic N) is 5. The van der Waals surface area contributed by atoms with E-state index in [1.54, 1.807) is 30.0 Å². The minimum Gasteiger partial charge on any atom is -0.475 e. The topological polar surface area (TPSA) is 131 Å². The van der Waals surface area contributed by atoms with E-state index in [1.807, 2.05) is 6.92 Å². The number of amides is 3. The maximum absolute atomic E-state index is 13.2. The summed E-state index contributed by atoms with van der Waals surface area (Å²) >= 11 is 0. The number of carbonyl (C=O) groups excluding carboxylic acids is 2. The highest BCUT2D eigenvalue weighted by molar-refractivity contribution is 7.89. The van der Waals surface area contributed by atoms with Gasteiger partial charge in [0.1, 0.15) is 4.90 Å². The van der Waals surface area contributed by atoms with Crippen molar-refractivity contribution in [1.82, 2.24) is 24.0 Å². The van der Waals surface area contributed by atoms with Crippen LogP contribution in [0.1, 0.15) is 13.3 Å². The summed E-state index contributed by atoms with van der Waals surface area (Å²) in [5, 5.41) is 7.12. The van der Waals surface area contributed by atoms with Gasteiger partial charge in [-0.05, 0) is 19.1 Å². The maximum Gasteiger partial charge on any atom is 0.490 e. The molecule has 2 aliphatic rings. The number of carboxylic acids is 1. The highest BCUT2D eigenvalue weighted by Crippen LogP contribution is 2.36. The highest BCUT2D eigenvalue weighted by Gasteiger charge is 2.49. The Morgan fingerprint density at radius 3 is 2.29 bits per heavy atom. The Morgan fingerprint density at radius 1 is 1.20 bits per heavy atom. The molecule has 1 aromatic heterocycles. The van der Waals surface area contributed by atoms with E-state index in [4.69, 9.17) is 9.90 Å². The molecule has 2 fully saturated rings. The number of urea groups is 1. The van der Waals surface area contributed by atoms with E-state index in [9.17, 15) is 31.2 Å². The van der Waals surface area contributed by atoms with Crippen molar-refractivity contribution in [2.75, 3.05) is 53.4 Å². The molecule has 0 aliphatic carbocycles. The van der Waals surface area contributed by atoms with Crippen molar-refractivity contribution in [3.63, 3.8) is 0 Å². The molecule has 2 aliphatic heterocycles. The zero-order valence-electron chi connectivity index (χ0n) is 19.5. The van der Waals surface area contributed by atoms with E-state index in [2.05, 4.69) is 4.98 Å². The molecule has 0 saturated carbocycles. The number of carboxylic acid groups (broad SMARTS) is 1. The average molecular weight is 524 g/mol. The van der Waals surface area contributed by atoms with Crippen LogP contribution in [0.2, 0.25) is 0 Å². The molecular weight excluding hydrogens is 495 g/mol. The molecule has 0 bridgehead atoms. The number of aromatic nitrogens is 1. The minimum absolute atomic E-state index is 0.000350. The molecule has 1 N–H and O–H groups in total. The van der Waals surface area contributed by atoms with Crippen molar-refractivity contribution in [2.24, 2.45) is 5.41 Å². The van der Waals surface area contributed by atoms with Crippen LogP contribution in [0.15, 0.2) is 29.4 Å². The van der Waals surface area contributed by atoms with E-state index in [1.165, 1.54) is 27.7 Å². The Morgan fingerprint density at radius 2 is 1.83 bits per heavy atom. The molecule has 1 unspecified atom stereocenters. The minimum atomic E-state index is -5.08. The van der Waals surface area contributed by atoms with Crippen molar-refractivity contribution < 1.29 is 41.1 Å². The molecule has 0 aromatic carbocycles. The second-order valence-electron chi connectivity index (χ2n) is 8.51. The fraction of sp³-hybridized carbons (Fsp3) is 0.600. The maximum atomic E-state index is 13.2. The number of sulfonamides is 1. The SMILES string of the molecule is CCN1CC2(CC1=O)CN(C(=O)N(C)C)CCN(S(=O)(=O)c1cccnc1)C2.O=C(O)C(F)(F)F. The van der Waals surface area contributed by atoms with Crippen LogP contribution in [0.25, 0.3) is 0 Å². The normalized spacial score (nSPS) is 21.4. The van der Waals surface area contributed by atoms with Gasteiger partial charge in [0.2, 0.25) is 15.9 Å². The predicted octanol–water partition coefficient (Wildman–Crippen LogP) is 0.941. The molecular formula is C20H28F3N5O6S. The Labute approximate surface area is 201 Å². The van der Waals surface area contributed by atoms with Gasteiger partial charge in [-0.25, -0.2) is 18.0 Å². The van der Waals surface area contributed by atoms with E-state index in [-0.39, 0.29) is 42.9 Å². The van der Waals surface area contributed by atoms with E-state index in [0.29, 0.717) is 19.6 Å². The first-order valence-electron chi connectivity index (χ1n) is 10.6. The zero-order chi connectivity index (χ0) is 26.6. The number of alkyl halides is 3. The van der Waals surface area contributed by atoms with Gasteiger partial charge in [-0.2, -0.15) is 17.5 Å². The Hall–Kier alpha value is -2.94. The lowest BCUT2D eigenvalue weighted by Gasteiger charge is -2.34. The lowest BCUT2D eigenvalue weighted by atomic mass is 9.86. The molecule has 15 heteroatoms. The van der Waals surface area contributed by atoms with Crippen LogP contribution in [0.5, 0.6) is 0 Å². The summed E-state index contributed by atoms with van der Waals surface area (Å²) in [6.07, 6.45) is -2.00. The van der Waals surface area contributed by atoms with Gasteiger partial charge in [-0.15, -0.1) is 0 Å². The van der Waals surface area contributed by atoms with E-state index < -0.39 is 27.6 Å². The third-order valence-corrected chi connectivity index (χ3v) is 7.44. The molecule has 11 nitrogen and oxygen atoms in total. The van der Waals surface area contributed by atoms with Crippen LogP contribution in [0.3, 0.4) is 0 Å². The van der Waals surface area contributed by atoms with Crippen molar-refractivity contribution in [1.29, 1.82) is 0 Å². The Balaban J connectivity index is 0.000000540. The third-order valence-electron chi connectivity index (χ3n) is 5.61. The standard InChI is InChI=1S/C18H27N5O4S.C2HF3O2/c1-4-21-12-18(10-16(21)24)13-22(17(25)20(2)3)8-9-23(14-18)28(26,27)15-6-5-7-19-11-15;3-2(4,5)1(6)7/h5-7,11H,4,8-10,12-14H2,1-3H3;(H,6,7). The molecule has 3 heterocycles. The number of carbonyl (C=O) groups is 3. The fourth-order valence-electron chi connectivity index (χ4n) is 4.00. The molecule has 196 valence electrons. The number of likely N-dealkylation sites (tertiary alicyclic amines) is 1. The number of aliphatic carboxylic acids is 1. The summed E-state index contributed by atoms with van der Waals surface area (Å²) < 4.78 is 59.5. The van der Waals surface area contributed by atoms with Gasteiger partial charge >= 0.3 is 18.2 Å². The number of hydrogen-bond donors (Lipinski definition) is 1. The smallest absolute Gasteiger partial charge is 0.475 e. The van der Waals surface area contributed by atoms with Gasteiger partial charge in [0.15, 0.2) is 0 Å². The number of pyridine rings is 1. The Kier molecular flexibility index (Phi) is 8.70. The molecule has 0 radical (unpaired) electrons. The highest BCUT2D eigenvalue weighted by atomic mass is 32.2. The predicted molar refractivity (Wildman–Crippen MR) is 117 cm³/mol. The third kappa shape index (κ3) is 6.81. The van der Waals surface area contributed by atoms with Crippen LogP contribution < -0.4 is 0 Å². The van der Waals surface area contributed by atoms with Crippen molar-refractivity contribution in [3.8, 4) is 0 Å². The lowest BCUT2D eigenvalue weighted by Crippen LogP contribution is -2.47. The van der Waals surface area contributed by atoms with Gasteiger partial charge in [0.05, 0.1) is 0 Å². The quantitative estimate of drug-likeness (QED) is 0.624. The first-order valence-corrected chi connectivity index (χ1v) is 12.0. The molecule has 3 rings (SSSR count). The summed E-state index contributed by atoms with van der Waals surface area (Å²) in [5.74, 6) is -2.76. The van der Waals surface area contributed by atoms with Gasteiger partial charge < -0.3 is 19.8 Å². The summed E-state index contributed by atoms with van der Waals surface area (Å²) in [6, 6.07) is 2.92. The van der Waals surface area contributed by atoms with Gasteiger partial charge in [0, 0.05) is 77.6 Å². The van der Waals surface area contributed by atoms with Crippen LogP contribution in [-0.4, -0.2) is 115 Å². The second-order valence-corrected chi connectivity index (χ2v) is 10.5. The van der Waals surface area contributed by atoms with Crippen LogP contribution >= 0.6 is 0 Å². The van der Waals surface area contributed by atoms with Gasteiger partial charge in [-0.3, -0.25) is 9.78 Å². The summed E-state index contributed by atoms with van der Waals surface area (Å²) in [7, 11) is -0.433. The molecule has 1 atom stereocenters. The van der Waals surface area contributed by atoms with Crippen molar-refractivity contribution in [3.05, 3.63) is 24.5 Å². The number of hydrogen-bond acceptors (Lipinski definition) is 6. The van der Waals surface area contributed by atoms with Gasteiger partial charge in [-0.1, -0.05) is 0 Å². The second kappa shape index (κ2) is 10.8. The Bertz CT molecular complexity index is 1040. The van der Waals surface area contributed by atoms with Crippen LogP contribution in [-0.2, 0) is 19.6 Å². The van der Waals surface area contributed by atoms with E-state index >= 15 is 0 Å². The molecule has 1 aromatic rings. The largest absolute Gasteiger partial charge is 0.490 e. The summed E-state index contributed by atoms with van der Waals surface area (Å²) in [4.78, 5) is 42.9. The molecule has 2 saturated heterocycles. The van der Waals surface area contributed by atoms with Gasteiger partial charge in [0.25, 0.3) is 0 Å². The van der Waals surface area contributed by atoms with Crippen molar-refractivity contribution in [2.45, 2.75) is 24.4 Å². The number of rotatable bonds is 3. The first kappa shape index (κ1) is 28.3. The van der Waals surface area contributed by atoms with E-state index in [0.717, 1.165) is 0 Å². The number of halogens is 3. The summed E-state index contributed by atoms with van der Waals surface area (Å²) in [5.41, 5.74) is -0.620. The molecule has 35 heavy (non-hydrogen) atoms. The van der Waals surface area contributed by atoms with Crippen LogP contribution in [0, 0.1) is 5.41 Å². The monoisotopic (exact) mass is 523 g/mol. The molecule has 3 amide bonds.